The lowest BCUT2D eigenvalue weighted by Crippen LogP contribution is -2.28. The summed E-state index contributed by atoms with van der Waals surface area (Å²) in [5.41, 5.74) is 3.48. The third kappa shape index (κ3) is 5.08. The van der Waals surface area contributed by atoms with Crippen LogP contribution in [0.3, 0.4) is 0 Å². The van der Waals surface area contributed by atoms with E-state index in [1.165, 1.54) is 12.1 Å². The molecule has 0 radical (unpaired) electrons. The molecule has 2 heterocycles. The molecule has 172 valence electrons. The molecule has 0 N–H and O–H groups in total. The largest absolute Gasteiger partial charge is 0.493 e. The van der Waals surface area contributed by atoms with Crippen molar-refractivity contribution in [3.05, 3.63) is 82.5 Å². The summed E-state index contributed by atoms with van der Waals surface area (Å²) in [7, 11) is 1.58. The number of nitrogens with zero attached hydrogens (tertiary/aromatic N) is 2. The van der Waals surface area contributed by atoms with E-state index in [1.807, 2.05) is 36.9 Å². The minimum Gasteiger partial charge on any atom is -0.493 e. The molecule has 3 aromatic rings. The van der Waals surface area contributed by atoms with Gasteiger partial charge in [0.15, 0.2) is 11.5 Å². The normalized spacial score (nSPS) is 15.9. The summed E-state index contributed by atoms with van der Waals surface area (Å²) in [4.78, 5) is 14.7. The zero-order chi connectivity index (χ0) is 23.4. The van der Waals surface area contributed by atoms with Gasteiger partial charge in [-0.15, -0.1) is 0 Å². The van der Waals surface area contributed by atoms with Gasteiger partial charge in [-0.2, -0.15) is 0 Å². The Kier molecular flexibility index (Phi) is 6.77. The van der Waals surface area contributed by atoms with E-state index in [4.69, 9.17) is 14.0 Å². The molecular weight excluding hydrogens is 423 g/mol. The third-order valence-corrected chi connectivity index (χ3v) is 5.95. The van der Waals surface area contributed by atoms with Crippen molar-refractivity contribution in [3.8, 4) is 11.5 Å². The Bertz CT molecular complexity index is 1130. The zero-order valence-corrected chi connectivity index (χ0v) is 19.0. The minimum atomic E-state index is -0.275. The number of halogens is 1. The molecule has 33 heavy (non-hydrogen) atoms. The van der Waals surface area contributed by atoms with Gasteiger partial charge in [-0.25, -0.2) is 4.39 Å². The molecule has 6 nitrogen and oxygen atoms in total. The highest BCUT2D eigenvalue weighted by molar-refractivity contribution is 5.92. The number of methoxy groups -OCH3 is 1. The number of rotatable bonds is 7. The van der Waals surface area contributed by atoms with Crippen LogP contribution in [0.4, 0.5) is 4.39 Å². The quantitative estimate of drug-likeness (QED) is 0.451. The molecule has 0 saturated carbocycles. The molecule has 0 spiro atoms. The van der Waals surface area contributed by atoms with Crippen LogP contribution >= 0.6 is 0 Å². The van der Waals surface area contributed by atoms with Crippen LogP contribution in [0.2, 0.25) is 0 Å². The van der Waals surface area contributed by atoms with Crippen LogP contribution in [0.5, 0.6) is 11.5 Å². The van der Waals surface area contributed by atoms with E-state index in [1.54, 1.807) is 31.4 Å². The molecule has 0 aliphatic carbocycles. The number of likely N-dealkylation sites (tertiary alicyclic amines) is 1. The standard InChI is InChI=1S/C26H27FN2O4/c1-17-22(18(2)33-28-17)16-32-24-12-6-19(15-25(24)31-3)7-13-26(30)29-14-4-5-23(29)20-8-10-21(27)11-9-20/h6-13,15,23H,4-5,14,16H2,1-3H3/b13-7+. The van der Waals surface area contributed by atoms with Gasteiger partial charge in [-0.05, 0) is 68.2 Å². The maximum Gasteiger partial charge on any atom is 0.247 e. The summed E-state index contributed by atoms with van der Waals surface area (Å²) < 4.78 is 29.8. The first kappa shape index (κ1) is 22.6. The Labute approximate surface area is 192 Å². The molecule has 7 heteroatoms. The van der Waals surface area contributed by atoms with Gasteiger partial charge >= 0.3 is 0 Å². The Morgan fingerprint density at radius 2 is 2.00 bits per heavy atom. The van der Waals surface area contributed by atoms with E-state index in [-0.39, 0.29) is 17.8 Å². The van der Waals surface area contributed by atoms with Gasteiger partial charge in [0.1, 0.15) is 18.2 Å². The predicted octanol–water partition coefficient (Wildman–Crippen LogP) is 5.40. The monoisotopic (exact) mass is 450 g/mol. The maximum absolute atomic E-state index is 13.3. The van der Waals surface area contributed by atoms with Crippen LogP contribution in [0.15, 0.2) is 53.1 Å². The summed E-state index contributed by atoms with van der Waals surface area (Å²) in [6, 6.07) is 11.9. The third-order valence-electron chi connectivity index (χ3n) is 5.95. The van der Waals surface area contributed by atoms with E-state index >= 15 is 0 Å². The fourth-order valence-electron chi connectivity index (χ4n) is 4.09. The first-order valence-corrected chi connectivity index (χ1v) is 10.9. The molecule has 1 fully saturated rings. The van der Waals surface area contributed by atoms with E-state index in [0.717, 1.165) is 41.0 Å². The van der Waals surface area contributed by atoms with Crippen molar-refractivity contribution in [2.75, 3.05) is 13.7 Å². The maximum atomic E-state index is 13.3. The fourth-order valence-corrected chi connectivity index (χ4v) is 4.09. The molecule has 1 aliphatic rings. The zero-order valence-electron chi connectivity index (χ0n) is 19.0. The number of benzene rings is 2. The van der Waals surface area contributed by atoms with Crippen LogP contribution in [-0.2, 0) is 11.4 Å². The lowest BCUT2D eigenvalue weighted by molar-refractivity contribution is -0.126. The summed E-state index contributed by atoms with van der Waals surface area (Å²) in [6.07, 6.45) is 5.13. The fraction of sp³-hybridized carbons (Fsp3) is 0.308. The van der Waals surface area contributed by atoms with Crippen molar-refractivity contribution < 1.29 is 23.2 Å². The Morgan fingerprint density at radius 1 is 1.21 bits per heavy atom. The highest BCUT2D eigenvalue weighted by atomic mass is 19.1. The van der Waals surface area contributed by atoms with Crippen molar-refractivity contribution in [2.24, 2.45) is 0 Å². The topological polar surface area (TPSA) is 64.8 Å². The van der Waals surface area contributed by atoms with Gasteiger partial charge in [0.05, 0.1) is 24.4 Å². The average Bonchev–Trinajstić information content (AvgIpc) is 3.43. The van der Waals surface area contributed by atoms with Gasteiger partial charge < -0.3 is 18.9 Å². The van der Waals surface area contributed by atoms with Crippen LogP contribution in [0.1, 0.15) is 47.0 Å². The van der Waals surface area contributed by atoms with E-state index in [2.05, 4.69) is 5.16 Å². The smallest absolute Gasteiger partial charge is 0.247 e. The van der Waals surface area contributed by atoms with Crippen LogP contribution in [-0.4, -0.2) is 29.6 Å². The summed E-state index contributed by atoms with van der Waals surface area (Å²) in [5, 5.41) is 3.94. The molecule has 1 unspecified atom stereocenters. The number of amides is 1. The Hall–Kier alpha value is -3.61. The number of ether oxygens (including phenoxy) is 2. The minimum absolute atomic E-state index is 0.0302. The molecule has 2 aromatic carbocycles. The van der Waals surface area contributed by atoms with E-state index < -0.39 is 0 Å². The number of hydrogen-bond acceptors (Lipinski definition) is 5. The van der Waals surface area contributed by atoms with Gasteiger partial charge in [0.2, 0.25) is 5.91 Å². The number of hydrogen-bond donors (Lipinski definition) is 0. The molecule has 1 atom stereocenters. The first-order valence-electron chi connectivity index (χ1n) is 10.9. The highest BCUT2D eigenvalue weighted by Crippen LogP contribution is 2.33. The first-order chi connectivity index (χ1) is 16.0. The van der Waals surface area contributed by atoms with Crippen molar-refractivity contribution in [1.82, 2.24) is 10.1 Å². The van der Waals surface area contributed by atoms with Crippen LogP contribution in [0.25, 0.3) is 6.08 Å². The summed E-state index contributed by atoms with van der Waals surface area (Å²) >= 11 is 0. The number of carbonyl (C=O) groups is 1. The molecule has 4 rings (SSSR count). The summed E-state index contributed by atoms with van der Waals surface area (Å²) in [5.74, 6) is 1.55. The second-order valence-corrected chi connectivity index (χ2v) is 8.08. The molecular formula is C26H27FN2O4. The molecule has 1 amide bonds. The number of aryl methyl sites for hydroxylation is 2. The van der Waals surface area contributed by atoms with Crippen molar-refractivity contribution >= 4 is 12.0 Å². The predicted molar refractivity (Wildman–Crippen MR) is 122 cm³/mol. The van der Waals surface area contributed by atoms with Gasteiger partial charge in [0.25, 0.3) is 0 Å². The number of carbonyl (C=O) groups excluding carboxylic acids is 1. The van der Waals surface area contributed by atoms with Crippen molar-refractivity contribution in [1.29, 1.82) is 0 Å². The molecule has 1 aliphatic heterocycles. The van der Waals surface area contributed by atoms with Crippen LogP contribution < -0.4 is 9.47 Å². The average molecular weight is 451 g/mol. The Morgan fingerprint density at radius 3 is 2.70 bits per heavy atom. The van der Waals surface area contributed by atoms with Gasteiger partial charge in [0, 0.05) is 12.6 Å². The molecule has 1 saturated heterocycles. The van der Waals surface area contributed by atoms with Gasteiger partial charge in [-0.1, -0.05) is 23.4 Å². The lowest BCUT2D eigenvalue weighted by atomic mass is 10.0. The van der Waals surface area contributed by atoms with Crippen LogP contribution in [0, 0.1) is 19.7 Å². The molecule has 0 bridgehead atoms. The summed E-state index contributed by atoms with van der Waals surface area (Å²) in [6.45, 7) is 4.73. The molecule has 1 aromatic heterocycles. The second kappa shape index (κ2) is 9.90. The number of aromatic nitrogens is 1. The van der Waals surface area contributed by atoms with E-state index in [9.17, 15) is 9.18 Å². The lowest BCUT2D eigenvalue weighted by Gasteiger charge is -2.23. The van der Waals surface area contributed by atoms with Crippen molar-refractivity contribution in [3.63, 3.8) is 0 Å². The van der Waals surface area contributed by atoms with Gasteiger partial charge in [-0.3, -0.25) is 4.79 Å². The van der Waals surface area contributed by atoms with E-state index in [0.29, 0.717) is 24.7 Å². The second-order valence-electron chi connectivity index (χ2n) is 8.08. The van der Waals surface area contributed by atoms with Crippen molar-refractivity contribution in [2.45, 2.75) is 39.3 Å². The Balaban J connectivity index is 1.44. The highest BCUT2D eigenvalue weighted by Gasteiger charge is 2.28. The SMILES string of the molecule is COc1cc(/C=C/C(=O)N2CCCC2c2ccc(F)cc2)ccc1OCc1c(C)noc1C.